The number of pyridine rings is 1. The summed E-state index contributed by atoms with van der Waals surface area (Å²) in [5.74, 6) is 0.630. The van der Waals surface area contributed by atoms with E-state index in [1.165, 1.54) is 4.57 Å². The monoisotopic (exact) mass is 412 g/mol. The summed E-state index contributed by atoms with van der Waals surface area (Å²) in [5.41, 5.74) is 0.611. The normalized spacial score (nSPS) is 17.2. The number of rotatable bonds is 2. The van der Waals surface area contributed by atoms with Crippen LogP contribution in [0, 0.1) is 3.57 Å². The summed E-state index contributed by atoms with van der Waals surface area (Å²) in [6, 6.07) is 0. The van der Waals surface area contributed by atoms with Crippen molar-refractivity contribution in [2.45, 2.75) is 31.6 Å². The molecule has 19 heavy (non-hydrogen) atoms. The van der Waals surface area contributed by atoms with Crippen LogP contribution in [-0.4, -0.2) is 15.2 Å². The summed E-state index contributed by atoms with van der Waals surface area (Å²) < 4.78 is 2.16. The molecule has 0 aromatic carbocycles. The van der Waals surface area contributed by atoms with Crippen LogP contribution in [0.3, 0.4) is 0 Å². The molecule has 1 aliphatic rings. The molecule has 0 bridgehead atoms. The minimum atomic E-state index is -0.230. The molecule has 7 heteroatoms. The Morgan fingerprint density at radius 3 is 2.89 bits per heavy atom. The molecule has 0 spiro atoms. The summed E-state index contributed by atoms with van der Waals surface area (Å²) in [6.45, 7) is 4.00. The topological polar surface area (TPSA) is 43.6 Å². The predicted molar refractivity (Wildman–Crippen MR) is 87.9 cm³/mol. The molecule has 1 aromatic heterocycles. The van der Waals surface area contributed by atoms with E-state index < -0.39 is 0 Å². The van der Waals surface area contributed by atoms with Crippen LogP contribution in [0.15, 0.2) is 16.1 Å². The first-order valence-corrected chi connectivity index (χ1v) is 8.16. The first kappa shape index (κ1) is 15.2. The molecule has 1 aliphatic heterocycles. The van der Waals surface area contributed by atoms with Crippen LogP contribution in [0.25, 0.3) is 0 Å². The quantitative estimate of drug-likeness (QED) is 0.700. The number of aromatic nitrogens is 1. The van der Waals surface area contributed by atoms with Gasteiger partial charge in [-0.2, -0.15) is 0 Å². The molecule has 104 valence electrons. The summed E-state index contributed by atoms with van der Waals surface area (Å²) in [5, 5.41) is 5.60. The van der Waals surface area contributed by atoms with Gasteiger partial charge in [0, 0.05) is 31.0 Å². The highest BCUT2D eigenvalue weighted by Gasteiger charge is 2.29. The average Bonchev–Trinajstić information content (AvgIpc) is 2.66. The van der Waals surface area contributed by atoms with Gasteiger partial charge in [0.05, 0.1) is 8.59 Å². The summed E-state index contributed by atoms with van der Waals surface area (Å²) in [7, 11) is 1.70. The van der Waals surface area contributed by atoms with Gasteiger partial charge in [-0.05, 0) is 36.4 Å². The number of thioether (sulfide) groups is 1. The molecule has 4 nitrogen and oxygen atoms in total. The Balaban J connectivity index is 2.13. The van der Waals surface area contributed by atoms with Gasteiger partial charge >= 0.3 is 0 Å². The van der Waals surface area contributed by atoms with Crippen molar-refractivity contribution in [1.29, 1.82) is 0 Å². The van der Waals surface area contributed by atoms with Gasteiger partial charge in [0.15, 0.2) is 0 Å². The van der Waals surface area contributed by atoms with Gasteiger partial charge in [-0.3, -0.25) is 4.79 Å². The average molecular weight is 413 g/mol. The Labute approximate surface area is 134 Å². The van der Waals surface area contributed by atoms with E-state index in [1.54, 1.807) is 25.0 Å². The fraction of sp³-hybridized carbons (Fsp3) is 0.500. The lowest BCUT2D eigenvalue weighted by Gasteiger charge is -2.13. The maximum Gasteiger partial charge on any atom is 0.264 e. The molecule has 0 fully saturated rings. The molecule has 0 unspecified atom stereocenters. The smallest absolute Gasteiger partial charge is 0.264 e. The SMILES string of the molecule is Cn1cc(Cl)c(CSC2=NOC(C)(C)C2)c(I)c1=O. The molecule has 0 radical (unpaired) electrons. The van der Waals surface area contributed by atoms with E-state index in [9.17, 15) is 4.79 Å². The van der Waals surface area contributed by atoms with Crippen LogP contribution in [0.4, 0.5) is 0 Å². The van der Waals surface area contributed by atoms with Gasteiger partial charge < -0.3 is 9.40 Å². The predicted octanol–water partition coefficient (Wildman–Crippen LogP) is 3.39. The van der Waals surface area contributed by atoms with Crippen molar-refractivity contribution in [3.05, 3.63) is 30.7 Å². The van der Waals surface area contributed by atoms with Crippen molar-refractivity contribution in [2.24, 2.45) is 12.2 Å². The summed E-state index contributed by atoms with van der Waals surface area (Å²) in [6.07, 6.45) is 2.44. The fourth-order valence-corrected chi connectivity index (χ4v) is 4.48. The molecule has 0 atom stereocenters. The zero-order valence-corrected chi connectivity index (χ0v) is 14.6. The van der Waals surface area contributed by atoms with Crippen molar-refractivity contribution in [1.82, 2.24) is 4.57 Å². The summed E-state index contributed by atoms with van der Waals surface area (Å²) in [4.78, 5) is 17.2. The first-order chi connectivity index (χ1) is 8.80. The second-order valence-electron chi connectivity index (χ2n) is 4.99. The molecule has 2 rings (SSSR count). The molecule has 0 saturated carbocycles. The van der Waals surface area contributed by atoms with E-state index in [0.29, 0.717) is 14.3 Å². The van der Waals surface area contributed by atoms with Crippen LogP contribution in [0.1, 0.15) is 25.8 Å². The summed E-state index contributed by atoms with van der Waals surface area (Å²) >= 11 is 9.82. The van der Waals surface area contributed by atoms with Crippen molar-refractivity contribution in [3.8, 4) is 0 Å². The number of nitrogens with zero attached hydrogens (tertiary/aromatic N) is 2. The number of oxime groups is 1. The molecule has 0 aliphatic carbocycles. The minimum absolute atomic E-state index is 0.0226. The minimum Gasteiger partial charge on any atom is -0.389 e. The Hall–Kier alpha value is -0.210. The van der Waals surface area contributed by atoms with Crippen LogP contribution in [-0.2, 0) is 17.6 Å². The molecular formula is C12H14ClIN2O2S. The van der Waals surface area contributed by atoms with E-state index in [4.69, 9.17) is 16.4 Å². The van der Waals surface area contributed by atoms with Crippen molar-refractivity contribution < 1.29 is 4.84 Å². The van der Waals surface area contributed by atoms with E-state index >= 15 is 0 Å². The maximum atomic E-state index is 11.9. The maximum absolute atomic E-state index is 11.9. The van der Waals surface area contributed by atoms with E-state index in [1.807, 2.05) is 36.4 Å². The van der Waals surface area contributed by atoms with Crippen molar-refractivity contribution in [3.63, 3.8) is 0 Å². The van der Waals surface area contributed by atoms with Crippen molar-refractivity contribution >= 4 is 51.0 Å². The van der Waals surface area contributed by atoms with Crippen LogP contribution >= 0.6 is 46.0 Å². The second-order valence-corrected chi connectivity index (χ2v) is 7.52. The lowest BCUT2D eigenvalue weighted by atomic mass is 10.1. The van der Waals surface area contributed by atoms with Crippen LogP contribution in [0.2, 0.25) is 5.02 Å². The molecule has 0 N–H and O–H groups in total. The van der Waals surface area contributed by atoms with Gasteiger partial charge in [-0.1, -0.05) is 16.8 Å². The zero-order valence-electron chi connectivity index (χ0n) is 10.9. The second kappa shape index (κ2) is 5.65. The van der Waals surface area contributed by atoms with Gasteiger partial charge in [-0.15, -0.1) is 11.8 Å². The van der Waals surface area contributed by atoms with Gasteiger partial charge in [0.25, 0.3) is 5.56 Å². The first-order valence-electron chi connectivity index (χ1n) is 5.71. The lowest BCUT2D eigenvalue weighted by molar-refractivity contribution is 0.0123. The molecule has 1 aromatic rings. The third-order valence-electron chi connectivity index (χ3n) is 2.72. The van der Waals surface area contributed by atoms with Gasteiger partial charge in [0.1, 0.15) is 10.6 Å². The van der Waals surface area contributed by atoms with E-state index in [2.05, 4.69) is 5.16 Å². The standard InChI is InChI=1S/C12H14ClIN2O2S/c1-12(2)4-9(15-18-12)19-6-7-8(13)5-16(3)11(17)10(7)14/h5H,4,6H2,1-3H3. The molecular weight excluding hydrogens is 399 g/mol. The number of halogens is 2. The lowest BCUT2D eigenvalue weighted by Crippen LogP contribution is -2.21. The molecule has 0 saturated heterocycles. The third kappa shape index (κ3) is 3.46. The van der Waals surface area contributed by atoms with Crippen LogP contribution in [0.5, 0.6) is 0 Å². The Morgan fingerprint density at radius 1 is 1.63 bits per heavy atom. The number of aryl methyl sites for hydroxylation is 1. The van der Waals surface area contributed by atoms with Gasteiger partial charge in [-0.25, -0.2) is 0 Å². The third-order valence-corrected chi connectivity index (χ3v) is 5.15. The highest BCUT2D eigenvalue weighted by molar-refractivity contribution is 14.1. The van der Waals surface area contributed by atoms with E-state index in [0.717, 1.165) is 17.0 Å². The fourth-order valence-electron chi connectivity index (χ4n) is 1.66. The molecule has 0 amide bonds. The Morgan fingerprint density at radius 2 is 2.32 bits per heavy atom. The van der Waals surface area contributed by atoms with Crippen LogP contribution < -0.4 is 5.56 Å². The number of hydrogen-bond acceptors (Lipinski definition) is 4. The van der Waals surface area contributed by atoms with Crippen molar-refractivity contribution in [2.75, 3.05) is 0 Å². The number of hydrogen-bond donors (Lipinski definition) is 0. The largest absolute Gasteiger partial charge is 0.389 e. The highest BCUT2D eigenvalue weighted by atomic mass is 127. The zero-order chi connectivity index (χ0) is 14.2. The Kier molecular flexibility index (Phi) is 4.52. The Bertz CT molecular complexity index is 598. The van der Waals surface area contributed by atoms with Gasteiger partial charge in [0.2, 0.25) is 0 Å². The highest BCUT2D eigenvalue weighted by Crippen LogP contribution is 2.31. The molecule has 2 heterocycles. The van der Waals surface area contributed by atoms with E-state index in [-0.39, 0.29) is 11.2 Å².